The summed E-state index contributed by atoms with van der Waals surface area (Å²) < 4.78 is 8.85. The molecular weight excluding hydrogens is 615 g/mol. The van der Waals surface area contributed by atoms with Crippen LogP contribution in [0.15, 0.2) is 180 Å². The van der Waals surface area contributed by atoms with Gasteiger partial charge in [0.2, 0.25) is 0 Å². The van der Waals surface area contributed by atoms with Gasteiger partial charge in [-0.2, -0.15) is 0 Å². The van der Waals surface area contributed by atoms with Crippen LogP contribution in [0.4, 0.5) is 17.1 Å². The van der Waals surface area contributed by atoms with E-state index in [9.17, 15) is 0 Å². The molecule has 0 aliphatic carbocycles. The van der Waals surface area contributed by atoms with Gasteiger partial charge in [0.15, 0.2) is 0 Å². The number of rotatable bonds is 5. The molecule has 2 heterocycles. The SMILES string of the molecule is c1ccc(-c2ccc(-c3cccc4sc5ccc(N(c6ccccc6)c6cccc7c6ccc6oc8ccccc8c67)cc5c34)cc2)cc1. The molecule has 0 N–H and O–H groups in total. The Balaban J connectivity index is 1.17. The molecule has 49 heavy (non-hydrogen) atoms. The van der Waals surface area contributed by atoms with Crippen LogP contribution in [0.25, 0.3) is 75.1 Å². The van der Waals surface area contributed by atoms with Crippen LogP contribution in [-0.4, -0.2) is 0 Å². The van der Waals surface area contributed by atoms with Crippen molar-refractivity contribution in [1.29, 1.82) is 0 Å². The van der Waals surface area contributed by atoms with Gasteiger partial charge in [-0.1, -0.05) is 115 Å². The smallest absolute Gasteiger partial charge is 0.136 e. The summed E-state index contributed by atoms with van der Waals surface area (Å²) in [5, 5.41) is 7.23. The molecule has 0 atom stereocenters. The zero-order valence-electron chi connectivity index (χ0n) is 26.5. The molecule has 0 fully saturated rings. The van der Waals surface area contributed by atoms with Crippen molar-refractivity contribution in [3.05, 3.63) is 176 Å². The molecule has 3 heteroatoms. The second-order valence-corrected chi connectivity index (χ2v) is 13.6. The minimum absolute atomic E-state index is 0.910. The normalized spacial score (nSPS) is 11.7. The van der Waals surface area contributed by atoms with Gasteiger partial charge in [-0.05, 0) is 88.3 Å². The van der Waals surface area contributed by atoms with Crippen molar-refractivity contribution in [2.75, 3.05) is 4.90 Å². The fraction of sp³-hybridized carbons (Fsp3) is 0. The molecule has 2 aromatic heterocycles. The molecule has 10 aromatic rings. The topological polar surface area (TPSA) is 16.4 Å². The largest absolute Gasteiger partial charge is 0.456 e. The third-order valence-electron chi connectivity index (χ3n) is 9.67. The second-order valence-electron chi connectivity index (χ2n) is 12.5. The lowest BCUT2D eigenvalue weighted by Gasteiger charge is -2.27. The summed E-state index contributed by atoms with van der Waals surface area (Å²) in [7, 11) is 0. The first-order chi connectivity index (χ1) is 24.3. The van der Waals surface area contributed by atoms with E-state index in [-0.39, 0.29) is 0 Å². The monoisotopic (exact) mass is 643 g/mol. The molecule has 0 aliphatic rings. The lowest BCUT2D eigenvalue weighted by atomic mass is 9.96. The van der Waals surface area contributed by atoms with Crippen LogP contribution in [-0.2, 0) is 0 Å². The Morgan fingerprint density at radius 3 is 1.96 bits per heavy atom. The van der Waals surface area contributed by atoms with Crippen LogP contribution in [0, 0.1) is 0 Å². The van der Waals surface area contributed by atoms with Gasteiger partial charge in [0.1, 0.15) is 11.2 Å². The minimum Gasteiger partial charge on any atom is -0.456 e. The maximum atomic E-state index is 6.27. The quantitative estimate of drug-likeness (QED) is 0.186. The van der Waals surface area contributed by atoms with Crippen molar-refractivity contribution in [2.45, 2.75) is 0 Å². The summed E-state index contributed by atoms with van der Waals surface area (Å²) in [6, 6.07) is 63.2. The molecular formula is C46H29NOS. The van der Waals surface area contributed by atoms with E-state index in [1.54, 1.807) is 0 Å². The fourth-order valence-corrected chi connectivity index (χ4v) is 8.54. The molecule has 0 saturated carbocycles. The standard InChI is InChI=1S/C46H29NOS/c1-3-11-30(12-4-1)31-21-23-32(24-22-31)35-16-10-20-44-46(35)39-29-34(25-28-43(39)49-44)47(33-13-5-2-6-14-33)40-18-9-17-37-36(40)26-27-42-45(37)38-15-7-8-19-41(38)48-42/h1-29H. The number of thiophene rings is 1. The van der Waals surface area contributed by atoms with E-state index in [0.717, 1.165) is 39.0 Å². The van der Waals surface area contributed by atoms with Gasteiger partial charge in [0.25, 0.3) is 0 Å². The third-order valence-corrected chi connectivity index (χ3v) is 10.8. The number of hydrogen-bond acceptors (Lipinski definition) is 3. The molecule has 230 valence electrons. The number of hydrogen-bond donors (Lipinski definition) is 0. The van der Waals surface area contributed by atoms with E-state index >= 15 is 0 Å². The lowest BCUT2D eigenvalue weighted by molar-refractivity contribution is 0.669. The van der Waals surface area contributed by atoms with Crippen LogP contribution in [0.3, 0.4) is 0 Å². The molecule has 0 spiro atoms. The maximum absolute atomic E-state index is 6.27. The van der Waals surface area contributed by atoms with Crippen LogP contribution in [0.5, 0.6) is 0 Å². The highest BCUT2D eigenvalue weighted by atomic mass is 32.1. The summed E-state index contributed by atoms with van der Waals surface area (Å²) in [6.07, 6.45) is 0. The Bertz CT molecular complexity index is 2810. The molecule has 0 saturated heterocycles. The van der Waals surface area contributed by atoms with Crippen molar-refractivity contribution < 1.29 is 4.42 Å². The lowest BCUT2D eigenvalue weighted by Crippen LogP contribution is -2.10. The number of furan rings is 1. The van der Waals surface area contributed by atoms with Gasteiger partial charge >= 0.3 is 0 Å². The molecule has 0 bridgehead atoms. The number of fused-ring (bicyclic) bond motifs is 8. The highest BCUT2D eigenvalue weighted by Crippen LogP contribution is 2.46. The van der Waals surface area contributed by atoms with E-state index < -0.39 is 0 Å². The molecule has 0 amide bonds. The van der Waals surface area contributed by atoms with Gasteiger partial charge in [0.05, 0.1) is 5.69 Å². The zero-order valence-corrected chi connectivity index (χ0v) is 27.3. The summed E-state index contributed by atoms with van der Waals surface area (Å²) in [5.74, 6) is 0. The second kappa shape index (κ2) is 11.2. The summed E-state index contributed by atoms with van der Waals surface area (Å²) in [5.41, 5.74) is 10.1. The number of nitrogens with zero attached hydrogens (tertiary/aromatic N) is 1. The molecule has 0 unspecified atom stereocenters. The molecule has 10 rings (SSSR count). The Morgan fingerprint density at radius 2 is 1.10 bits per heavy atom. The van der Waals surface area contributed by atoms with E-state index in [1.165, 1.54) is 53.2 Å². The van der Waals surface area contributed by atoms with Crippen molar-refractivity contribution in [2.24, 2.45) is 0 Å². The first kappa shape index (κ1) is 27.9. The molecule has 0 aliphatic heterocycles. The van der Waals surface area contributed by atoms with Crippen LogP contribution >= 0.6 is 11.3 Å². The average molecular weight is 644 g/mol. The van der Waals surface area contributed by atoms with Crippen LogP contribution in [0.2, 0.25) is 0 Å². The number of benzene rings is 8. The average Bonchev–Trinajstić information content (AvgIpc) is 3.74. The van der Waals surface area contributed by atoms with Crippen molar-refractivity contribution in [1.82, 2.24) is 0 Å². The van der Waals surface area contributed by atoms with Gasteiger partial charge in [0, 0.05) is 47.7 Å². The summed E-state index contributed by atoms with van der Waals surface area (Å²) in [6.45, 7) is 0. The highest BCUT2D eigenvalue weighted by molar-refractivity contribution is 7.26. The van der Waals surface area contributed by atoms with Crippen molar-refractivity contribution >= 4 is 81.3 Å². The van der Waals surface area contributed by atoms with Gasteiger partial charge in [-0.25, -0.2) is 0 Å². The number of para-hydroxylation sites is 2. The van der Waals surface area contributed by atoms with E-state index in [0.29, 0.717) is 0 Å². The van der Waals surface area contributed by atoms with Crippen molar-refractivity contribution in [3.63, 3.8) is 0 Å². The van der Waals surface area contributed by atoms with Crippen LogP contribution in [0.1, 0.15) is 0 Å². The maximum Gasteiger partial charge on any atom is 0.136 e. The van der Waals surface area contributed by atoms with E-state index in [2.05, 4.69) is 169 Å². The van der Waals surface area contributed by atoms with Gasteiger partial charge in [-0.3, -0.25) is 0 Å². The highest BCUT2D eigenvalue weighted by Gasteiger charge is 2.20. The number of anilines is 3. The first-order valence-corrected chi connectivity index (χ1v) is 17.4. The Morgan fingerprint density at radius 1 is 0.388 bits per heavy atom. The van der Waals surface area contributed by atoms with E-state index in [1.807, 2.05) is 23.5 Å². The zero-order chi connectivity index (χ0) is 32.3. The molecule has 0 radical (unpaired) electrons. The predicted molar refractivity (Wildman–Crippen MR) is 210 cm³/mol. The Hall–Kier alpha value is -6.16. The minimum atomic E-state index is 0.910. The third kappa shape index (κ3) is 4.55. The summed E-state index contributed by atoms with van der Waals surface area (Å²) in [4.78, 5) is 2.40. The molecule has 2 nitrogen and oxygen atoms in total. The van der Waals surface area contributed by atoms with Crippen molar-refractivity contribution in [3.8, 4) is 22.3 Å². The molecule has 8 aromatic carbocycles. The Labute approximate surface area is 287 Å². The van der Waals surface area contributed by atoms with Gasteiger partial charge < -0.3 is 9.32 Å². The predicted octanol–water partition coefficient (Wildman–Crippen LogP) is 13.9. The first-order valence-electron chi connectivity index (χ1n) is 16.6. The summed E-state index contributed by atoms with van der Waals surface area (Å²) >= 11 is 1.86. The van der Waals surface area contributed by atoms with E-state index in [4.69, 9.17) is 4.42 Å². The van der Waals surface area contributed by atoms with Gasteiger partial charge in [-0.15, -0.1) is 11.3 Å². The fourth-order valence-electron chi connectivity index (χ4n) is 7.43. The van der Waals surface area contributed by atoms with Crippen LogP contribution < -0.4 is 4.90 Å². The Kier molecular flexibility index (Phi) is 6.39.